The van der Waals surface area contributed by atoms with Gasteiger partial charge in [0.15, 0.2) is 11.4 Å². The number of aliphatic imine (C=N–C) groups is 1. The fraction of sp³-hybridized carbons (Fsp3) is 0.512. The fourth-order valence-electron chi connectivity index (χ4n) is 12.5. The number of alkyl carbamates (subject to hydrolysis) is 2. The van der Waals surface area contributed by atoms with E-state index in [1.807, 2.05) is 100 Å². The van der Waals surface area contributed by atoms with Crippen molar-refractivity contribution in [3.63, 3.8) is 0 Å². The molecule has 0 saturated carbocycles. The maximum Gasteiger partial charge on any atom is 0.407 e. The molecule has 23 nitrogen and oxygen atoms in total. The Morgan fingerprint density at radius 3 is 1.77 bits per heavy atom. The number of sulfonamides is 1. The zero-order valence-corrected chi connectivity index (χ0v) is 64.6. The van der Waals surface area contributed by atoms with Crippen LogP contribution in [0.3, 0.4) is 0 Å². The van der Waals surface area contributed by atoms with Crippen LogP contribution in [0.15, 0.2) is 119 Å². The third kappa shape index (κ3) is 26.9. The highest BCUT2D eigenvalue weighted by molar-refractivity contribution is 7.90. The van der Waals surface area contributed by atoms with Crippen molar-refractivity contribution in [1.29, 1.82) is 0 Å². The van der Waals surface area contributed by atoms with Crippen LogP contribution in [-0.2, 0) is 76.4 Å². The second-order valence-corrected chi connectivity index (χ2v) is 31.6. The van der Waals surface area contributed by atoms with Crippen LogP contribution in [0.4, 0.5) is 9.59 Å². The lowest BCUT2D eigenvalue weighted by atomic mass is 9.79. The van der Waals surface area contributed by atoms with Gasteiger partial charge in [0.2, 0.25) is 17.8 Å². The average molecular weight is 1490 g/mol. The van der Waals surface area contributed by atoms with E-state index in [0.717, 1.165) is 22.3 Å². The Morgan fingerprint density at radius 2 is 1.16 bits per heavy atom. The van der Waals surface area contributed by atoms with E-state index in [1.165, 1.54) is 0 Å². The van der Waals surface area contributed by atoms with Gasteiger partial charge in [-0.1, -0.05) is 127 Å². The van der Waals surface area contributed by atoms with Crippen LogP contribution >= 0.6 is 11.6 Å². The van der Waals surface area contributed by atoms with Gasteiger partial charge in [-0.3, -0.25) is 33.8 Å². The van der Waals surface area contributed by atoms with E-state index in [0.29, 0.717) is 72.1 Å². The normalized spacial score (nSPS) is 14.5. The van der Waals surface area contributed by atoms with Gasteiger partial charge >= 0.3 is 24.1 Å². The summed E-state index contributed by atoms with van der Waals surface area (Å²) in [5.41, 5.74) is 15.1. The number of guanidine groups is 1. The molecule has 5 aromatic rings. The zero-order valence-electron chi connectivity index (χ0n) is 63.1. The molecule has 5 aromatic carbocycles. The van der Waals surface area contributed by atoms with Crippen LogP contribution in [0.25, 0.3) is 0 Å². The topological polar surface area (TPSA) is 341 Å². The van der Waals surface area contributed by atoms with Gasteiger partial charge in [0.1, 0.15) is 34.9 Å². The number of nitrogens with one attached hydrogen (secondary N) is 5. The van der Waals surface area contributed by atoms with Gasteiger partial charge in [0.25, 0.3) is 10.0 Å². The van der Waals surface area contributed by atoms with Crippen molar-refractivity contribution in [2.75, 3.05) is 26.2 Å². The molecule has 0 radical (unpaired) electrons. The van der Waals surface area contributed by atoms with Gasteiger partial charge in [0.05, 0.1) is 29.3 Å². The molecule has 0 fully saturated rings. The summed E-state index contributed by atoms with van der Waals surface area (Å²) >= 11 is 7.13. The molecule has 0 aromatic heterocycles. The van der Waals surface area contributed by atoms with Crippen LogP contribution in [0, 0.1) is 39.5 Å². The van der Waals surface area contributed by atoms with Gasteiger partial charge in [-0.15, -0.1) is 0 Å². The number of Topliss-reactive ketones (excluding diaryl/α,β-unsaturated/α-hetero) is 2. The molecule has 9 N–H and O–H groups in total. The molecular weight excluding hydrogens is 1380 g/mol. The van der Waals surface area contributed by atoms with E-state index in [2.05, 4.69) is 31.0 Å². The summed E-state index contributed by atoms with van der Waals surface area (Å²) in [7, 11) is -4.33. The van der Waals surface area contributed by atoms with Gasteiger partial charge in [-0.05, 0) is 170 Å². The Morgan fingerprint density at radius 1 is 0.619 bits per heavy atom. The number of amides is 4. The lowest BCUT2D eigenvalue weighted by Gasteiger charge is -2.37. The summed E-state index contributed by atoms with van der Waals surface area (Å²) in [5.74, 6) is -5.52. The van der Waals surface area contributed by atoms with Gasteiger partial charge < -0.3 is 56.4 Å². The smallest absolute Gasteiger partial charge is 0.407 e. The van der Waals surface area contributed by atoms with E-state index in [9.17, 15) is 32.4 Å². The molecule has 5 atom stereocenters. The number of rotatable bonds is 39. The number of unbranched alkanes of at least 4 members (excludes halogenated alkanes) is 3. The number of fused-ring (bicyclic) bond motifs is 1. The molecule has 1 unspecified atom stereocenters. The van der Waals surface area contributed by atoms with Crippen LogP contribution < -0.4 is 42.2 Å². The number of esters is 2. The highest BCUT2D eigenvalue weighted by atomic mass is 35.5. The Labute approximate surface area is 624 Å². The van der Waals surface area contributed by atoms with Crippen molar-refractivity contribution in [2.45, 2.75) is 232 Å². The Kier molecular flexibility index (Phi) is 32.0. The largest absolute Gasteiger partial charge is 0.487 e. The van der Waals surface area contributed by atoms with Gasteiger partial charge in [0, 0.05) is 90.6 Å². The first-order chi connectivity index (χ1) is 49.5. The number of ether oxygens (including phenoxy) is 5. The lowest BCUT2D eigenvalue weighted by molar-refractivity contribution is -0.160. The number of carbonyl (C=O) groups is 8. The molecule has 6 rings (SSSR count). The minimum atomic E-state index is -4.33. The van der Waals surface area contributed by atoms with Crippen LogP contribution in [-0.4, -0.2) is 117 Å². The molecule has 4 amide bonds. The van der Waals surface area contributed by atoms with Crippen LogP contribution in [0.1, 0.15) is 202 Å². The number of aryl methyl sites for hydroxylation is 1. The monoisotopic (exact) mass is 1490 g/mol. The summed E-state index contributed by atoms with van der Waals surface area (Å²) < 4.78 is 60.3. The van der Waals surface area contributed by atoms with E-state index >= 15 is 14.4 Å². The molecule has 572 valence electrons. The second-order valence-electron chi connectivity index (χ2n) is 29.6. The maximum atomic E-state index is 15.8. The van der Waals surface area contributed by atoms with Crippen molar-refractivity contribution in [3.8, 4) is 5.75 Å². The number of hydrogen-bond donors (Lipinski definition) is 7. The summed E-state index contributed by atoms with van der Waals surface area (Å²) in [5, 5.41) is 11.5. The SMILES string of the molecule is Cc1ccc(C(OC(=O)[C@H](CCCN=C(N)NS(=O)(=O)c2c(C)c(C)c3c(c2C)OC(C)(C)C3)CC(=O)[C@H](CCCCNC(=O)OC(C)(C)C)NC(=O)[C@H](CCCCNC(=O)OC(C)(C)C)CC(=O)[C@@H](N)CCCCNC(=O)CCC(=O)OCc2ccccc2)(c2ccccc2)c2ccccc2Cl)cc1. The van der Waals surface area contributed by atoms with E-state index in [1.54, 1.807) is 91.8 Å². The highest BCUT2D eigenvalue weighted by Crippen LogP contribution is 2.46. The number of halogens is 1. The lowest BCUT2D eigenvalue weighted by Crippen LogP contribution is -2.46. The Hall–Kier alpha value is -8.87. The maximum absolute atomic E-state index is 15.8. The summed E-state index contributed by atoms with van der Waals surface area (Å²) in [6, 6.07) is 30.4. The molecule has 0 saturated heterocycles. The average Bonchev–Trinajstić information content (AvgIpc) is 1.72. The number of nitrogens with two attached hydrogens (primary N) is 2. The molecule has 0 bridgehead atoms. The van der Waals surface area contributed by atoms with Crippen molar-refractivity contribution in [3.05, 3.63) is 164 Å². The summed E-state index contributed by atoms with van der Waals surface area (Å²) in [6.45, 7) is 22.1. The summed E-state index contributed by atoms with van der Waals surface area (Å²) in [4.78, 5) is 115. The third-order valence-electron chi connectivity index (χ3n) is 18.0. The van der Waals surface area contributed by atoms with Crippen molar-refractivity contribution in [1.82, 2.24) is 26.0 Å². The van der Waals surface area contributed by atoms with E-state index < -0.39 is 110 Å². The molecule has 0 aliphatic carbocycles. The molecule has 105 heavy (non-hydrogen) atoms. The minimum absolute atomic E-state index is 0.0150. The van der Waals surface area contributed by atoms with Crippen molar-refractivity contribution < 1.29 is 70.5 Å². The Balaban J connectivity index is 1.28. The first-order valence-electron chi connectivity index (χ1n) is 36.2. The zero-order chi connectivity index (χ0) is 77.3. The number of ketones is 2. The van der Waals surface area contributed by atoms with E-state index in [4.69, 9.17) is 46.8 Å². The number of benzene rings is 5. The molecule has 1 heterocycles. The first-order valence-corrected chi connectivity index (χ1v) is 38.1. The van der Waals surface area contributed by atoms with Crippen LogP contribution in [0.5, 0.6) is 5.75 Å². The molecule has 0 spiro atoms. The standard InChI is InChI=1S/C80H109ClN8O15S/c1-52-38-40-60(41-39-52)80(59-32-17-14-18-33-59,62-34-19-20-35-63(62)81)102-73(95)58(31-27-47-85-74(83)89-105(98,99)71-54(3)53(2)61-50-79(11,12)101-70(61)55(71)4)49-67(91)65(37-23-26-46-87-76(97)104-78(8,9)10)88-72(94)57(30-21-24-45-86-75(96)103-77(5,6)7)48-66(90)64(82)36-22-25-44-84-68(92)42-43-69(93)100-51-56-28-15-13-16-29-56/h13-20,28-29,32-35,38-41,57-58,64-65H,21-27,30-31,36-37,42-51,82H2,1-12H3,(H,84,92)(H,86,96)(H,87,97)(H,88,94)(H3,83,85,89)/t57-,58-,64+,65+,80?/m1/s1. The van der Waals surface area contributed by atoms with Crippen molar-refractivity contribution in [2.24, 2.45) is 28.3 Å². The van der Waals surface area contributed by atoms with E-state index in [-0.39, 0.29) is 106 Å². The third-order valence-corrected chi connectivity index (χ3v) is 19.9. The van der Waals surface area contributed by atoms with Gasteiger partial charge in [-0.25, -0.2) is 22.7 Å². The van der Waals surface area contributed by atoms with Gasteiger partial charge in [-0.2, -0.15) is 0 Å². The number of carbonyl (C=O) groups excluding carboxylic acids is 8. The highest BCUT2D eigenvalue weighted by Gasteiger charge is 2.45. The van der Waals surface area contributed by atoms with Crippen LogP contribution in [0.2, 0.25) is 5.02 Å². The molecule has 25 heteroatoms. The minimum Gasteiger partial charge on any atom is -0.487 e. The molecule has 1 aliphatic heterocycles. The molecule has 1 aliphatic rings. The summed E-state index contributed by atoms with van der Waals surface area (Å²) in [6.07, 6.45) is 0.884. The quantitative estimate of drug-likeness (QED) is 0.00480. The molecular formula is C80H109ClN8O15S. The first kappa shape index (κ1) is 85.1. The predicted octanol–water partition coefficient (Wildman–Crippen LogP) is 12.4. The second kappa shape index (κ2) is 39.5. The fourth-order valence-corrected chi connectivity index (χ4v) is 14.3. The number of nitrogens with zero attached hydrogens (tertiary/aromatic N) is 1. The Bertz CT molecular complexity index is 3930. The predicted molar refractivity (Wildman–Crippen MR) is 405 cm³/mol. The number of hydrogen-bond acceptors (Lipinski definition) is 17. The van der Waals surface area contributed by atoms with Crippen molar-refractivity contribution >= 4 is 75.1 Å².